The third kappa shape index (κ3) is 14.3. The fourth-order valence-electron chi connectivity index (χ4n) is 9.12. The van der Waals surface area contributed by atoms with Crippen LogP contribution in [0.2, 0.25) is 0 Å². The van der Waals surface area contributed by atoms with E-state index in [1.54, 1.807) is 34.0 Å². The maximum Gasteiger partial charge on any atom is 0.170 e. The highest BCUT2D eigenvalue weighted by Gasteiger charge is 2.29. The number of halogens is 2. The van der Waals surface area contributed by atoms with Crippen molar-refractivity contribution in [2.45, 2.75) is 208 Å². The summed E-state index contributed by atoms with van der Waals surface area (Å²) in [5, 5.41) is 0. The zero-order valence-electron chi connectivity index (χ0n) is 38.1. The predicted octanol–water partition coefficient (Wildman–Crippen LogP) is 19.5. The molecule has 60 heavy (non-hydrogen) atoms. The molecule has 0 aliphatic rings. The summed E-state index contributed by atoms with van der Waals surface area (Å²) in [6.45, 7) is 13.4. The first-order chi connectivity index (χ1) is 29.3. The molecule has 0 saturated carbocycles. The average Bonchev–Trinajstić information content (AvgIpc) is 4.06. The molecule has 332 valence electrons. The molecule has 0 amide bonds. The number of thiophene rings is 3. The molecule has 0 aliphatic heterocycles. The Morgan fingerprint density at radius 2 is 0.950 bits per heavy atom. The minimum absolute atomic E-state index is 0.278. The zero-order valence-corrected chi connectivity index (χ0v) is 41.4. The first-order valence-corrected chi connectivity index (χ1v) is 27.4. The minimum Gasteiger partial charge on any atom is -0.203 e. The van der Waals surface area contributed by atoms with Crippen LogP contribution in [0.4, 0.5) is 8.78 Å². The number of unbranched alkanes of at least 4 members (excludes halogenated alkanes) is 16. The molecule has 2 nitrogen and oxygen atoms in total. The van der Waals surface area contributed by atoms with Crippen LogP contribution < -0.4 is 0 Å². The van der Waals surface area contributed by atoms with Gasteiger partial charge >= 0.3 is 0 Å². The molecule has 0 fully saturated rings. The van der Waals surface area contributed by atoms with Crippen LogP contribution in [-0.2, 0) is 12.8 Å². The molecule has 1 aromatic carbocycles. The van der Waals surface area contributed by atoms with Crippen LogP contribution in [-0.4, -0.2) is 8.75 Å². The van der Waals surface area contributed by atoms with Gasteiger partial charge in [0.2, 0.25) is 0 Å². The van der Waals surface area contributed by atoms with Crippen molar-refractivity contribution in [3.63, 3.8) is 0 Å². The van der Waals surface area contributed by atoms with Gasteiger partial charge < -0.3 is 0 Å². The van der Waals surface area contributed by atoms with Crippen LogP contribution in [0.1, 0.15) is 203 Å². The lowest BCUT2D eigenvalue weighted by atomic mass is 9.88. The monoisotopic (exact) mass is 894 g/mol. The molecular weight excluding hydrogens is 819 g/mol. The van der Waals surface area contributed by atoms with Crippen LogP contribution in [0.3, 0.4) is 0 Å². The number of hydrogen-bond acceptors (Lipinski definition) is 6. The second kappa shape index (κ2) is 26.6. The van der Waals surface area contributed by atoms with Crippen LogP contribution in [0.15, 0.2) is 24.3 Å². The van der Waals surface area contributed by atoms with Gasteiger partial charge in [0.1, 0.15) is 11.0 Å². The summed E-state index contributed by atoms with van der Waals surface area (Å²) in [7, 11) is 0. The number of fused-ring (bicyclic) bond motifs is 1. The summed E-state index contributed by atoms with van der Waals surface area (Å²) in [4.78, 5) is 6.52. The SMILES string of the molecule is CCCCCCCCC(CCCCCC)Cc1cc(-c2c(F)c(F)c(-c3cc(C)c(CC(CCCCCC)CCCCCCCC)s3)c3nsnc23)sc1-c1ccc(C)s1. The Labute approximate surface area is 379 Å². The molecular formula is C52H76F2N2S4. The van der Waals surface area contributed by atoms with Gasteiger partial charge in [-0.1, -0.05) is 182 Å². The van der Waals surface area contributed by atoms with E-state index < -0.39 is 11.6 Å². The van der Waals surface area contributed by atoms with Crippen LogP contribution >= 0.6 is 45.7 Å². The summed E-state index contributed by atoms with van der Waals surface area (Å²) < 4.78 is 43.2. The highest BCUT2D eigenvalue weighted by atomic mass is 32.1. The molecule has 8 heteroatoms. The molecule has 2 atom stereocenters. The normalized spacial score (nSPS) is 12.9. The van der Waals surface area contributed by atoms with Crippen LogP contribution in [0.25, 0.3) is 41.7 Å². The summed E-state index contributed by atoms with van der Waals surface area (Å²) >= 11 is 6.12. The molecule has 5 rings (SSSR count). The lowest BCUT2D eigenvalue weighted by Gasteiger charge is -2.17. The highest BCUT2D eigenvalue weighted by molar-refractivity contribution is 7.24. The quantitative estimate of drug-likeness (QED) is 0.0414. The molecule has 0 N–H and O–H groups in total. The first-order valence-electron chi connectivity index (χ1n) is 24.2. The van der Waals surface area contributed by atoms with Crippen molar-refractivity contribution >= 4 is 56.8 Å². The van der Waals surface area contributed by atoms with Crippen molar-refractivity contribution in [1.29, 1.82) is 0 Å². The van der Waals surface area contributed by atoms with E-state index in [1.807, 2.05) is 0 Å². The molecule has 0 aliphatic carbocycles. The number of rotatable bonds is 31. The minimum atomic E-state index is -0.792. The van der Waals surface area contributed by atoms with Gasteiger partial charge in [-0.2, -0.15) is 8.75 Å². The van der Waals surface area contributed by atoms with Crippen molar-refractivity contribution in [3.05, 3.63) is 56.8 Å². The zero-order chi connectivity index (χ0) is 42.7. The van der Waals surface area contributed by atoms with Gasteiger partial charge in [0.15, 0.2) is 11.6 Å². The summed E-state index contributed by atoms with van der Waals surface area (Å²) in [6, 6.07) is 8.66. The number of hydrogen-bond donors (Lipinski definition) is 0. The summed E-state index contributed by atoms with van der Waals surface area (Å²) in [5.74, 6) is -0.376. The Morgan fingerprint density at radius 3 is 1.43 bits per heavy atom. The first kappa shape index (κ1) is 49.0. The van der Waals surface area contributed by atoms with E-state index in [9.17, 15) is 0 Å². The largest absolute Gasteiger partial charge is 0.203 e. The van der Waals surface area contributed by atoms with Crippen molar-refractivity contribution in [2.24, 2.45) is 11.8 Å². The van der Waals surface area contributed by atoms with E-state index in [1.165, 1.54) is 185 Å². The Hall–Kier alpha value is -2.00. The van der Waals surface area contributed by atoms with Gasteiger partial charge in [-0.25, -0.2) is 8.78 Å². The standard InChI is InChI=1S/C52H76F2N2S4/c1-7-11-15-19-21-25-28-39(27-23-17-13-9-3)34-41-36-45(59-52(41)42-32-31-38(6)57-42)47-49(54)48(53)46(50-51(47)56-60-55-50)44-33-37(5)43(58-44)35-40(29-24-18-14-10-4)30-26-22-20-16-12-8-2/h31-33,36,39-40H,7-30,34-35H2,1-6H3. The molecule has 4 aromatic heterocycles. The van der Waals surface area contributed by atoms with Gasteiger partial charge in [0.05, 0.1) is 22.9 Å². The molecule has 4 heterocycles. The van der Waals surface area contributed by atoms with Gasteiger partial charge in [0.25, 0.3) is 0 Å². The molecule has 5 aromatic rings. The Morgan fingerprint density at radius 1 is 0.500 bits per heavy atom. The molecule has 0 saturated heterocycles. The third-order valence-electron chi connectivity index (χ3n) is 12.7. The number of benzene rings is 1. The number of aryl methyl sites for hydroxylation is 2. The molecule has 0 spiro atoms. The Bertz CT molecular complexity index is 1970. The topological polar surface area (TPSA) is 25.8 Å². The van der Waals surface area contributed by atoms with E-state index in [4.69, 9.17) is 8.75 Å². The molecule has 0 bridgehead atoms. The fourth-order valence-corrected chi connectivity index (χ4v) is 13.3. The smallest absolute Gasteiger partial charge is 0.170 e. The Balaban J connectivity index is 1.44. The van der Waals surface area contributed by atoms with Crippen LogP contribution in [0, 0.1) is 37.3 Å². The number of aromatic nitrogens is 2. The van der Waals surface area contributed by atoms with Gasteiger partial charge in [-0.15, -0.1) is 34.0 Å². The van der Waals surface area contributed by atoms with E-state index in [-0.39, 0.29) is 11.1 Å². The highest BCUT2D eigenvalue weighted by Crippen LogP contribution is 2.48. The van der Waals surface area contributed by atoms with Crippen molar-refractivity contribution in [1.82, 2.24) is 8.75 Å². The van der Waals surface area contributed by atoms with Crippen molar-refractivity contribution < 1.29 is 8.78 Å². The second-order valence-electron chi connectivity index (χ2n) is 17.9. The van der Waals surface area contributed by atoms with Gasteiger partial charge in [0, 0.05) is 29.3 Å². The van der Waals surface area contributed by atoms with E-state index in [0.29, 0.717) is 22.9 Å². The van der Waals surface area contributed by atoms with Crippen molar-refractivity contribution in [2.75, 3.05) is 0 Å². The van der Waals surface area contributed by atoms with Gasteiger partial charge in [-0.05, 0) is 73.9 Å². The maximum atomic E-state index is 16.9. The fraction of sp³-hybridized carbons (Fsp3) is 0.654. The third-order valence-corrected chi connectivity index (χ3v) is 16.9. The predicted molar refractivity (Wildman–Crippen MR) is 265 cm³/mol. The lowest BCUT2D eigenvalue weighted by Crippen LogP contribution is -2.05. The summed E-state index contributed by atoms with van der Waals surface area (Å²) in [5.41, 5.74) is 3.99. The maximum absolute atomic E-state index is 16.9. The van der Waals surface area contributed by atoms with E-state index in [0.717, 1.165) is 34.3 Å². The van der Waals surface area contributed by atoms with Gasteiger partial charge in [-0.3, -0.25) is 0 Å². The second-order valence-corrected chi connectivity index (χ2v) is 21.9. The Kier molecular flexibility index (Phi) is 21.7. The van der Waals surface area contributed by atoms with Crippen LogP contribution in [0.5, 0.6) is 0 Å². The molecule has 0 radical (unpaired) electrons. The summed E-state index contributed by atoms with van der Waals surface area (Å²) in [6.07, 6.45) is 32.8. The van der Waals surface area contributed by atoms with E-state index >= 15 is 8.78 Å². The number of nitrogens with zero attached hydrogens (tertiary/aromatic N) is 2. The average molecular weight is 895 g/mol. The molecule has 2 unspecified atom stereocenters. The van der Waals surface area contributed by atoms with Crippen molar-refractivity contribution in [3.8, 4) is 30.6 Å². The lowest BCUT2D eigenvalue weighted by molar-refractivity contribution is 0.403. The van der Waals surface area contributed by atoms with E-state index in [2.05, 4.69) is 65.8 Å².